The van der Waals surface area contributed by atoms with Gasteiger partial charge in [-0.1, -0.05) is 48.2 Å². The Morgan fingerprint density at radius 3 is 2.55 bits per heavy atom. The van der Waals surface area contributed by atoms with Gasteiger partial charge in [-0.05, 0) is 35.9 Å². The van der Waals surface area contributed by atoms with E-state index < -0.39 is 11.9 Å². The number of aromatic carboxylic acids is 1. The van der Waals surface area contributed by atoms with Gasteiger partial charge in [0.1, 0.15) is 16.6 Å². The fraction of sp³-hybridized carbons (Fsp3) is 0.100. The van der Waals surface area contributed by atoms with Crippen molar-refractivity contribution >= 4 is 57.8 Å². The molecule has 1 saturated heterocycles. The molecule has 0 unspecified atom stereocenters. The van der Waals surface area contributed by atoms with Crippen LogP contribution >= 0.6 is 24.0 Å². The lowest BCUT2D eigenvalue weighted by molar-refractivity contribution is -0.126. The first-order valence-corrected chi connectivity index (χ1v) is 9.63. The molecule has 3 rings (SSSR count). The van der Waals surface area contributed by atoms with Gasteiger partial charge in [0.25, 0.3) is 5.91 Å². The number of carbonyl (C=O) groups is 3. The molecule has 2 aromatic rings. The average molecular weight is 428 g/mol. The summed E-state index contributed by atoms with van der Waals surface area (Å²) >= 11 is 6.34. The SMILES string of the molecule is COc1ccc(C=C2SC(=S)N(CC(=O)Nc3ccccc3C(=O)O)C2=O)cc1. The monoisotopic (exact) mass is 428 g/mol. The minimum atomic E-state index is -1.16. The molecule has 1 aliphatic rings. The maximum absolute atomic E-state index is 12.7. The molecule has 9 heteroatoms. The molecule has 1 fully saturated rings. The van der Waals surface area contributed by atoms with Gasteiger partial charge < -0.3 is 15.2 Å². The van der Waals surface area contributed by atoms with Crippen molar-refractivity contribution in [2.75, 3.05) is 19.0 Å². The van der Waals surface area contributed by atoms with Gasteiger partial charge in [-0.2, -0.15) is 0 Å². The number of thiocarbonyl (C=S) groups is 1. The van der Waals surface area contributed by atoms with Gasteiger partial charge in [0.15, 0.2) is 0 Å². The molecule has 2 amide bonds. The van der Waals surface area contributed by atoms with Crippen LogP contribution in [0.5, 0.6) is 5.75 Å². The van der Waals surface area contributed by atoms with Crippen molar-refractivity contribution in [1.29, 1.82) is 0 Å². The number of para-hydroxylation sites is 1. The fourth-order valence-electron chi connectivity index (χ4n) is 2.60. The summed E-state index contributed by atoms with van der Waals surface area (Å²) in [4.78, 5) is 37.9. The van der Waals surface area contributed by atoms with Gasteiger partial charge in [0.05, 0.1) is 23.3 Å². The molecule has 148 valence electrons. The van der Waals surface area contributed by atoms with Crippen LogP contribution in [0.1, 0.15) is 15.9 Å². The van der Waals surface area contributed by atoms with Crippen LogP contribution < -0.4 is 10.1 Å². The van der Waals surface area contributed by atoms with Crippen LogP contribution in [-0.2, 0) is 9.59 Å². The number of methoxy groups -OCH3 is 1. The van der Waals surface area contributed by atoms with E-state index in [1.165, 1.54) is 17.0 Å². The lowest BCUT2D eigenvalue weighted by Gasteiger charge is -2.15. The molecule has 0 aromatic heterocycles. The van der Waals surface area contributed by atoms with Gasteiger partial charge >= 0.3 is 5.97 Å². The summed E-state index contributed by atoms with van der Waals surface area (Å²) in [5.74, 6) is -1.37. The van der Waals surface area contributed by atoms with Gasteiger partial charge in [0.2, 0.25) is 5.91 Å². The number of amides is 2. The summed E-state index contributed by atoms with van der Waals surface area (Å²) in [5, 5.41) is 11.7. The maximum Gasteiger partial charge on any atom is 0.337 e. The predicted molar refractivity (Wildman–Crippen MR) is 115 cm³/mol. The number of thioether (sulfide) groups is 1. The zero-order valence-electron chi connectivity index (χ0n) is 15.2. The number of ether oxygens (including phenoxy) is 1. The number of rotatable bonds is 6. The first kappa shape index (κ1) is 20.6. The molecule has 1 heterocycles. The number of carboxylic acid groups (broad SMARTS) is 1. The Bertz CT molecular complexity index is 1020. The second-order valence-electron chi connectivity index (χ2n) is 5.94. The number of anilines is 1. The molecule has 0 radical (unpaired) electrons. The third-order valence-corrected chi connectivity index (χ3v) is 5.40. The molecule has 0 atom stereocenters. The van der Waals surface area contributed by atoms with Crippen molar-refractivity contribution in [1.82, 2.24) is 4.90 Å². The van der Waals surface area contributed by atoms with Gasteiger partial charge in [-0.25, -0.2) is 4.79 Å². The standard InChI is InChI=1S/C20H16N2O5S2/c1-27-13-8-6-12(7-9-13)10-16-18(24)22(20(28)29-16)11-17(23)21-15-5-3-2-4-14(15)19(25)26/h2-10H,11H2,1H3,(H,21,23)(H,25,26). The highest BCUT2D eigenvalue weighted by Crippen LogP contribution is 2.32. The van der Waals surface area contributed by atoms with E-state index in [1.807, 2.05) is 0 Å². The van der Waals surface area contributed by atoms with Gasteiger partial charge in [0, 0.05) is 0 Å². The highest BCUT2D eigenvalue weighted by Gasteiger charge is 2.33. The van der Waals surface area contributed by atoms with Crippen LogP contribution in [-0.4, -0.2) is 45.8 Å². The van der Waals surface area contributed by atoms with Crippen molar-refractivity contribution in [2.45, 2.75) is 0 Å². The highest BCUT2D eigenvalue weighted by molar-refractivity contribution is 8.26. The van der Waals surface area contributed by atoms with E-state index in [0.29, 0.717) is 10.7 Å². The second kappa shape index (κ2) is 8.89. The van der Waals surface area contributed by atoms with Crippen LogP contribution in [0.4, 0.5) is 5.69 Å². The molecular formula is C20H16N2O5S2. The molecule has 2 N–H and O–H groups in total. The first-order valence-electron chi connectivity index (χ1n) is 8.40. The predicted octanol–water partition coefficient (Wildman–Crippen LogP) is 3.23. The second-order valence-corrected chi connectivity index (χ2v) is 7.62. The topological polar surface area (TPSA) is 95.9 Å². The summed E-state index contributed by atoms with van der Waals surface area (Å²) in [5.41, 5.74) is 0.918. The summed E-state index contributed by atoms with van der Waals surface area (Å²) in [6.45, 7) is -0.307. The van der Waals surface area contributed by atoms with E-state index in [1.54, 1.807) is 49.6 Å². The highest BCUT2D eigenvalue weighted by atomic mass is 32.2. The van der Waals surface area contributed by atoms with E-state index >= 15 is 0 Å². The van der Waals surface area contributed by atoms with E-state index in [-0.39, 0.29) is 28.0 Å². The van der Waals surface area contributed by atoms with E-state index in [0.717, 1.165) is 17.3 Å². The van der Waals surface area contributed by atoms with Crippen molar-refractivity contribution in [3.05, 3.63) is 64.6 Å². The fourth-order valence-corrected chi connectivity index (χ4v) is 3.85. The van der Waals surface area contributed by atoms with Crippen LogP contribution in [0.2, 0.25) is 0 Å². The minimum Gasteiger partial charge on any atom is -0.497 e. The molecule has 29 heavy (non-hydrogen) atoms. The normalized spacial score (nSPS) is 14.9. The average Bonchev–Trinajstić information content (AvgIpc) is 2.96. The van der Waals surface area contributed by atoms with E-state index in [4.69, 9.17) is 17.0 Å². The Labute approximate surface area is 176 Å². The smallest absolute Gasteiger partial charge is 0.337 e. The maximum atomic E-state index is 12.7. The Morgan fingerprint density at radius 1 is 1.21 bits per heavy atom. The zero-order valence-corrected chi connectivity index (χ0v) is 16.9. The Kier molecular flexibility index (Phi) is 6.30. The molecule has 2 aromatic carbocycles. The number of nitrogens with zero attached hydrogens (tertiary/aromatic N) is 1. The van der Waals surface area contributed by atoms with Crippen LogP contribution in [0.25, 0.3) is 6.08 Å². The molecule has 0 spiro atoms. The summed E-state index contributed by atoms with van der Waals surface area (Å²) in [6, 6.07) is 13.2. The Hall–Kier alpha value is -3.17. The van der Waals surface area contributed by atoms with Gasteiger partial charge in [-0.15, -0.1) is 0 Å². The number of carbonyl (C=O) groups excluding carboxylic acids is 2. The van der Waals surface area contributed by atoms with Crippen LogP contribution in [0.15, 0.2) is 53.4 Å². The largest absolute Gasteiger partial charge is 0.497 e. The Morgan fingerprint density at radius 2 is 1.90 bits per heavy atom. The minimum absolute atomic E-state index is 0.0364. The van der Waals surface area contributed by atoms with Crippen LogP contribution in [0, 0.1) is 0 Å². The third kappa shape index (κ3) is 4.82. The van der Waals surface area contributed by atoms with Crippen molar-refractivity contribution in [3.8, 4) is 5.75 Å². The van der Waals surface area contributed by atoms with E-state index in [9.17, 15) is 19.5 Å². The third-order valence-electron chi connectivity index (χ3n) is 4.02. The zero-order chi connectivity index (χ0) is 21.0. The number of benzene rings is 2. The quantitative estimate of drug-likeness (QED) is 0.539. The molecule has 0 bridgehead atoms. The molecule has 7 nitrogen and oxygen atoms in total. The Balaban J connectivity index is 1.70. The van der Waals surface area contributed by atoms with E-state index in [2.05, 4.69) is 5.32 Å². The molecule has 0 aliphatic carbocycles. The number of hydrogen-bond donors (Lipinski definition) is 2. The van der Waals surface area contributed by atoms with Crippen molar-refractivity contribution < 1.29 is 24.2 Å². The molecular weight excluding hydrogens is 412 g/mol. The van der Waals surface area contributed by atoms with Crippen LogP contribution in [0.3, 0.4) is 0 Å². The lowest BCUT2D eigenvalue weighted by Crippen LogP contribution is -2.36. The van der Waals surface area contributed by atoms with Crippen molar-refractivity contribution in [3.63, 3.8) is 0 Å². The first-order chi connectivity index (χ1) is 13.9. The summed E-state index contributed by atoms with van der Waals surface area (Å²) < 4.78 is 5.37. The van der Waals surface area contributed by atoms with Crippen molar-refractivity contribution in [2.24, 2.45) is 0 Å². The molecule has 1 aliphatic heterocycles. The summed E-state index contributed by atoms with van der Waals surface area (Å²) in [7, 11) is 1.57. The lowest BCUT2D eigenvalue weighted by atomic mass is 10.2. The summed E-state index contributed by atoms with van der Waals surface area (Å²) in [6.07, 6.45) is 1.69. The molecule has 0 saturated carbocycles. The number of hydrogen-bond acceptors (Lipinski definition) is 6. The number of carboxylic acids is 1. The number of nitrogens with one attached hydrogen (secondary N) is 1. The van der Waals surface area contributed by atoms with Gasteiger partial charge in [-0.3, -0.25) is 14.5 Å².